The van der Waals surface area contributed by atoms with Gasteiger partial charge in [-0.05, 0) is 44.7 Å². The molecule has 0 atom stereocenters. The molecule has 2 N–H and O–H groups in total. The predicted molar refractivity (Wildman–Crippen MR) is 114 cm³/mol. The number of hydrogen-bond acceptors (Lipinski definition) is 5. The number of nitrogens with one attached hydrogen (secondary N) is 2. The Hall–Kier alpha value is -2.15. The minimum absolute atomic E-state index is 0.436. The summed E-state index contributed by atoms with van der Waals surface area (Å²) in [5.74, 6) is 1.96. The summed E-state index contributed by atoms with van der Waals surface area (Å²) >= 11 is 1.72. The van der Waals surface area contributed by atoms with Gasteiger partial charge in [-0.3, -0.25) is 0 Å². The molecule has 2 aromatic heterocycles. The SMILES string of the molecule is CCNC(=NCc1csc(CC)n1)NC1CCN(c2ccc(C)cn2)CC1. The maximum atomic E-state index is 4.72. The fourth-order valence-electron chi connectivity index (χ4n) is 3.16. The van der Waals surface area contributed by atoms with Crippen LogP contribution in [0.25, 0.3) is 0 Å². The summed E-state index contributed by atoms with van der Waals surface area (Å²) in [5, 5.41) is 10.2. The standard InChI is InChI=1S/C20H30N6S/c1-4-19-24-17(14-27-19)13-23-20(21-5-2)25-16-8-10-26(11-9-16)18-7-6-15(3)12-22-18/h6-7,12,14,16H,4-5,8-11,13H2,1-3H3,(H2,21,23,25). The van der Waals surface area contributed by atoms with E-state index < -0.39 is 0 Å². The van der Waals surface area contributed by atoms with Crippen LogP contribution in [0.2, 0.25) is 0 Å². The van der Waals surface area contributed by atoms with Crippen LogP contribution in [0, 0.1) is 6.92 Å². The summed E-state index contributed by atoms with van der Waals surface area (Å²) in [5.41, 5.74) is 2.25. The minimum atomic E-state index is 0.436. The highest BCUT2D eigenvalue weighted by Gasteiger charge is 2.20. The Bertz CT molecular complexity index is 731. The van der Waals surface area contributed by atoms with E-state index in [9.17, 15) is 0 Å². The highest BCUT2D eigenvalue weighted by molar-refractivity contribution is 7.09. The molecule has 1 aliphatic heterocycles. The third-order valence-electron chi connectivity index (χ3n) is 4.70. The molecular formula is C20H30N6S. The molecule has 0 aliphatic carbocycles. The van der Waals surface area contributed by atoms with Crippen LogP contribution >= 0.6 is 11.3 Å². The number of anilines is 1. The largest absolute Gasteiger partial charge is 0.357 e. The van der Waals surface area contributed by atoms with Crippen molar-refractivity contribution >= 4 is 23.1 Å². The lowest BCUT2D eigenvalue weighted by atomic mass is 10.1. The van der Waals surface area contributed by atoms with E-state index in [1.165, 1.54) is 10.6 Å². The molecule has 1 saturated heterocycles. The Morgan fingerprint density at radius 1 is 1.30 bits per heavy atom. The van der Waals surface area contributed by atoms with E-state index in [1.54, 1.807) is 11.3 Å². The number of aliphatic imine (C=N–C) groups is 1. The van der Waals surface area contributed by atoms with E-state index in [0.29, 0.717) is 12.6 Å². The average molecular weight is 387 g/mol. The topological polar surface area (TPSA) is 65.4 Å². The Labute approximate surface area is 166 Å². The van der Waals surface area contributed by atoms with Crippen molar-refractivity contribution in [1.29, 1.82) is 0 Å². The molecule has 0 radical (unpaired) electrons. The lowest BCUT2D eigenvalue weighted by molar-refractivity contribution is 0.459. The zero-order chi connectivity index (χ0) is 19.1. The molecule has 0 amide bonds. The van der Waals surface area contributed by atoms with Gasteiger partial charge in [-0.1, -0.05) is 13.0 Å². The van der Waals surface area contributed by atoms with Gasteiger partial charge in [-0.25, -0.2) is 15.0 Å². The zero-order valence-electron chi connectivity index (χ0n) is 16.5. The molecule has 0 unspecified atom stereocenters. The van der Waals surface area contributed by atoms with Crippen LogP contribution in [0.5, 0.6) is 0 Å². The molecule has 0 bridgehead atoms. The monoisotopic (exact) mass is 386 g/mol. The molecule has 0 saturated carbocycles. The van der Waals surface area contributed by atoms with Crippen molar-refractivity contribution < 1.29 is 0 Å². The Morgan fingerprint density at radius 3 is 2.74 bits per heavy atom. The van der Waals surface area contributed by atoms with Crippen LogP contribution in [0.1, 0.15) is 43.0 Å². The highest BCUT2D eigenvalue weighted by atomic mass is 32.1. The van der Waals surface area contributed by atoms with Crippen LogP contribution in [0.4, 0.5) is 5.82 Å². The van der Waals surface area contributed by atoms with Crippen molar-refractivity contribution in [3.8, 4) is 0 Å². The van der Waals surface area contributed by atoms with E-state index in [-0.39, 0.29) is 0 Å². The highest BCUT2D eigenvalue weighted by Crippen LogP contribution is 2.18. The maximum absolute atomic E-state index is 4.72. The molecule has 6 nitrogen and oxygen atoms in total. The van der Waals surface area contributed by atoms with Gasteiger partial charge in [0, 0.05) is 37.3 Å². The first-order valence-corrected chi connectivity index (χ1v) is 10.7. The number of pyridine rings is 1. The summed E-state index contributed by atoms with van der Waals surface area (Å²) < 4.78 is 0. The number of aryl methyl sites for hydroxylation is 2. The zero-order valence-corrected chi connectivity index (χ0v) is 17.4. The summed E-state index contributed by atoms with van der Waals surface area (Å²) in [6.07, 6.45) is 5.09. The van der Waals surface area contributed by atoms with E-state index in [0.717, 1.165) is 56.4 Å². The van der Waals surface area contributed by atoms with E-state index >= 15 is 0 Å². The van der Waals surface area contributed by atoms with Gasteiger partial charge >= 0.3 is 0 Å². The van der Waals surface area contributed by atoms with E-state index in [4.69, 9.17) is 4.99 Å². The minimum Gasteiger partial charge on any atom is -0.357 e. The van der Waals surface area contributed by atoms with Crippen LogP contribution < -0.4 is 15.5 Å². The van der Waals surface area contributed by atoms with Crippen LogP contribution in [0.15, 0.2) is 28.7 Å². The van der Waals surface area contributed by atoms with Crippen molar-refractivity contribution in [3.05, 3.63) is 40.0 Å². The molecule has 1 aliphatic rings. The molecule has 1 fully saturated rings. The second kappa shape index (κ2) is 9.69. The molecule has 0 aromatic carbocycles. The number of hydrogen-bond donors (Lipinski definition) is 2. The van der Waals surface area contributed by atoms with Gasteiger partial charge in [0.1, 0.15) is 5.82 Å². The first-order valence-electron chi connectivity index (χ1n) is 9.83. The fourth-order valence-corrected chi connectivity index (χ4v) is 3.89. The van der Waals surface area contributed by atoms with Gasteiger partial charge in [0.15, 0.2) is 5.96 Å². The van der Waals surface area contributed by atoms with Crippen molar-refractivity contribution in [2.24, 2.45) is 4.99 Å². The normalized spacial score (nSPS) is 15.8. The van der Waals surface area contributed by atoms with Crippen LogP contribution in [-0.2, 0) is 13.0 Å². The van der Waals surface area contributed by atoms with Crippen molar-refractivity contribution in [3.63, 3.8) is 0 Å². The van der Waals surface area contributed by atoms with Crippen LogP contribution in [-0.4, -0.2) is 41.6 Å². The lowest BCUT2D eigenvalue weighted by Gasteiger charge is -2.33. The third kappa shape index (κ3) is 5.66. The summed E-state index contributed by atoms with van der Waals surface area (Å²) in [7, 11) is 0. The molecular weight excluding hydrogens is 356 g/mol. The Morgan fingerprint density at radius 2 is 2.11 bits per heavy atom. The lowest BCUT2D eigenvalue weighted by Crippen LogP contribution is -2.48. The second-order valence-electron chi connectivity index (χ2n) is 6.88. The number of thiazole rings is 1. The number of guanidine groups is 1. The van der Waals surface area contributed by atoms with Gasteiger partial charge in [0.25, 0.3) is 0 Å². The molecule has 0 spiro atoms. The number of piperidine rings is 1. The number of nitrogens with zero attached hydrogens (tertiary/aromatic N) is 4. The van der Waals surface area contributed by atoms with Crippen molar-refractivity contribution in [2.45, 2.75) is 52.6 Å². The summed E-state index contributed by atoms with van der Waals surface area (Å²) in [6, 6.07) is 4.68. The van der Waals surface area contributed by atoms with Gasteiger partial charge in [-0.15, -0.1) is 11.3 Å². The van der Waals surface area contributed by atoms with Gasteiger partial charge < -0.3 is 15.5 Å². The van der Waals surface area contributed by atoms with Gasteiger partial charge in [-0.2, -0.15) is 0 Å². The quantitative estimate of drug-likeness (QED) is 0.590. The van der Waals surface area contributed by atoms with Crippen molar-refractivity contribution in [1.82, 2.24) is 20.6 Å². The number of aromatic nitrogens is 2. The maximum Gasteiger partial charge on any atom is 0.191 e. The van der Waals surface area contributed by atoms with Crippen LogP contribution in [0.3, 0.4) is 0 Å². The predicted octanol–water partition coefficient (Wildman–Crippen LogP) is 3.13. The molecule has 27 heavy (non-hydrogen) atoms. The molecule has 7 heteroatoms. The first-order chi connectivity index (χ1) is 13.2. The fraction of sp³-hybridized carbons (Fsp3) is 0.550. The second-order valence-corrected chi connectivity index (χ2v) is 7.82. The average Bonchev–Trinajstić information content (AvgIpc) is 3.16. The summed E-state index contributed by atoms with van der Waals surface area (Å²) in [4.78, 5) is 16.2. The van der Waals surface area contributed by atoms with Crippen molar-refractivity contribution in [2.75, 3.05) is 24.5 Å². The van der Waals surface area contributed by atoms with E-state index in [1.807, 2.05) is 6.20 Å². The molecule has 146 valence electrons. The first kappa shape index (κ1) is 19.6. The Kier molecular flexibility index (Phi) is 7.04. The summed E-state index contributed by atoms with van der Waals surface area (Å²) in [6.45, 7) is 9.81. The third-order valence-corrected chi connectivity index (χ3v) is 5.74. The molecule has 2 aromatic rings. The smallest absolute Gasteiger partial charge is 0.191 e. The molecule has 3 heterocycles. The van der Waals surface area contributed by atoms with Gasteiger partial charge in [0.05, 0.1) is 17.2 Å². The Balaban J connectivity index is 1.52. The van der Waals surface area contributed by atoms with E-state index in [2.05, 4.69) is 63.8 Å². The number of rotatable bonds is 6. The van der Waals surface area contributed by atoms with Gasteiger partial charge in [0.2, 0.25) is 0 Å². The molecule has 3 rings (SSSR count).